The van der Waals surface area contributed by atoms with Crippen LogP contribution in [0.4, 0.5) is 0 Å². The van der Waals surface area contributed by atoms with Gasteiger partial charge in [-0.15, -0.1) is 0 Å². The van der Waals surface area contributed by atoms with E-state index in [0.717, 1.165) is 57.7 Å². The molecule has 0 aromatic heterocycles. The Morgan fingerprint density at radius 2 is 1.68 bits per heavy atom. The van der Waals surface area contributed by atoms with Crippen LogP contribution < -0.4 is 0 Å². The SMILES string of the molecule is CC12CCC(=O)C3(CC=CC3)C1=CCC1[C@@H]2CCC2(C)[C@H]1CCC21OCCO1. The largest absolute Gasteiger partial charge is 0.347 e. The maximum absolute atomic E-state index is 13.1. The van der Waals surface area contributed by atoms with Gasteiger partial charge in [0.05, 0.1) is 18.6 Å². The number of ether oxygens (including phenoxy) is 2. The van der Waals surface area contributed by atoms with E-state index in [1.54, 1.807) is 0 Å². The van der Waals surface area contributed by atoms with E-state index in [2.05, 4.69) is 32.1 Å². The molecule has 0 bridgehead atoms. The number of allylic oxidation sites excluding steroid dienone is 4. The summed E-state index contributed by atoms with van der Waals surface area (Å²) in [6.07, 6.45) is 16.7. The summed E-state index contributed by atoms with van der Waals surface area (Å²) in [6.45, 7) is 6.49. The molecule has 3 unspecified atom stereocenters. The molecule has 5 atom stereocenters. The van der Waals surface area contributed by atoms with Crippen molar-refractivity contribution in [3.63, 3.8) is 0 Å². The third kappa shape index (κ3) is 1.92. The average Bonchev–Trinajstić information content (AvgIpc) is 3.41. The number of hydrogen-bond acceptors (Lipinski definition) is 3. The van der Waals surface area contributed by atoms with E-state index in [1.807, 2.05) is 0 Å². The molecular weight excluding hydrogens is 348 g/mol. The first-order valence-electron chi connectivity index (χ1n) is 11.6. The van der Waals surface area contributed by atoms with Gasteiger partial charge in [0, 0.05) is 18.3 Å². The van der Waals surface area contributed by atoms with Gasteiger partial charge in [0.1, 0.15) is 5.78 Å². The third-order valence-electron chi connectivity index (χ3n) is 10.3. The van der Waals surface area contributed by atoms with E-state index in [0.29, 0.717) is 17.6 Å². The zero-order chi connectivity index (χ0) is 19.2. The molecule has 1 saturated heterocycles. The molecule has 0 radical (unpaired) electrons. The normalized spacial score (nSPS) is 47.9. The molecule has 152 valence electrons. The maximum Gasteiger partial charge on any atom is 0.174 e. The molecule has 1 heterocycles. The Morgan fingerprint density at radius 1 is 0.964 bits per heavy atom. The highest BCUT2D eigenvalue weighted by Crippen LogP contribution is 2.70. The summed E-state index contributed by atoms with van der Waals surface area (Å²) in [5, 5.41) is 0. The molecule has 28 heavy (non-hydrogen) atoms. The molecule has 2 spiro atoms. The standard InChI is InChI=1S/C25H34O3/c1-22-12-9-21(26)24(10-3-4-11-24)20(22)6-5-17-18(22)7-13-23(2)19(17)8-14-25(23)27-15-16-28-25/h3-4,6,17-19H,5,7-16H2,1-2H3/t17?,18-,19-,22?,23?/m0/s1. The molecule has 0 aromatic carbocycles. The second kappa shape index (κ2) is 5.60. The van der Waals surface area contributed by atoms with Gasteiger partial charge < -0.3 is 9.47 Å². The zero-order valence-corrected chi connectivity index (χ0v) is 17.5. The van der Waals surface area contributed by atoms with E-state index in [4.69, 9.17) is 9.47 Å². The number of hydrogen-bond donors (Lipinski definition) is 0. The van der Waals surface area contributed by atoms with Crippen LogP contribution in [0.25, 0.3) is 0 Å². The molecule has 0 N–H and O–H groups in total. The highest BCUT2D eigenvalue weighted by molar-refractivity contribution is 5.90. The van der Waals surface area contributed by atoms with Gasteiger partial charge in [-0.25, -0.2) is 0 Å². The van der Waals surface area contributed by atoms with Crippen molar-refractivity contribution in [2.24, 2.45) is 34.0 Å². The number of Topliss-reactive ketones (excluding diaryl/α,β-unsaturated/α-hetero) is 1. The number of fused-ring (bicyclic) bond motifs is 7. The molecule has 1 aliphatic heterocycles. The van der Waals surface area contributed by atoms with Crippen molar-refractivity contribution in [3.05, 3.63) is 23.8 Å². The molecule has 4 fully saturated rings. The first-order valence-corrected chi connectivity index (χ1v) is 11.6. The molecular formula is C25H34O3. The Labute approximate surface area is 168 Å². The summed E-state index contributed by atoms with van der Waals surface area (Å²) in [6, 6.07) is 0. The van der Waals surface area contributed by atoms with Crippen LogP contribution in [0.5, 0.6) is 0 Å². The van der Waals surface area contributed by atoms with Crippen LogP contribution in [0.15, 0.2) is 23.8 Å². The minimum Gasteiger partial charge on any atom is -0.347 e. The third-order valence-corrected chi connectivity index (χ3v) is 10.3. The highest BCUT2D eigenvalue weighted by Gasteiger charge is 2.67. The Morgan fingerprint density at radius 3 is 2.43 bits per heavy atom. The summed E-state index contributed by atoms with van der Waals surface area (Å²) in [5.74, 6) is 2.32. The van der Waals surface area contributed by atoms with Crippen LogP contribution in [0.1, 0.15) is 71.6 Å². The van der Waals surface area contributed by atoms with E-state index in [-0.39, 0.29) is 22.0 Å². The van der Waals surface area contributed by atoms with E-state index in [9.17, 15) is 4.79 Å². The van der Waals surface area contributed by atoms with Crippen molar-refractivity contribution < 1.29 is 14.3 Å². The number of carbonyl (C=O) groups excluding carboxylic acids is 1. The first kappa shape index (κ1) is 17.9. The fraction of sp³-hybridized carbons (Fsp3) is 0.800. The zero-order valence-electron chi connectivity index (χ0n) is 17.5. The van der Waals surface area contributed by atoms with Gasteiger partial charge in [0.25, 0.3) is 0 Å². The van der Waals surface area contributed by atoms with Crippen LogP contribution in [0, 0.1) is 34.0 Å². The van der Waals surface area contributed by atoms with Gasteiger partial charge in [0.15, 0.2) is 5.79 Å². The minimum absolute atomic E-state index is 0.156. The van der Waals surface area contributed by atoms with Gasteiger partial charge in [-0.1, -0.05) is 37.6 Å². The Hall–Kier alpha value is -0.930. The van der Waals surface area contributed by atoms with Crippen LogP contribution in [-0.2, 0) is 14.3 Å². The van der Waals surface area contributed by atoms with Crippen LogP contribution in [0.3, 0.4) is 0 Å². The minimum atomic E-state index is -0.313. The van der Waals surface area contributed by atoms with Gasteiger partial charge in [-0.3, -0.25) is 4.79 Å². The lowest BCUT2D eigenvalue weighted by atomic mass is 9.44. The van der Waals surface area contributed by atoms with Gasteiger partial charge in [-0.05, 0) is 68.1 Å². The Kier molecular flexibility index (Phi) is 3.58. The van der Waals surface area contributed by atoms with E-state index in [1.165, 1.54) is 24.8 Å². The van der Waals surface area contributed by atoms with E-state index >= 15 is 0 Å². The predicted molar refractivity (Wildman–Crippen MR) is 108 cm³/mol. The molecule has 3 heteroatoms. The molecule has 6 rings (SSSR count). The van der Waals surface area contributed by atoms with Crippen molar-refractivity contribution in [2.75, 3.05) is 13.2 Å². The van der Waals surface area contributed by atoms with Crippen molar-refractivity contribution in [1.82, 2.24) is 0 Å². The summed E-state index contributed by atoms with van der Waals surface area (Å²) in [7, 11) is 0. The lowest BCUT2D eigenvalue weighted by molar-refractivity contribution is -0.242. The first-order chi connectivity index (χ1) is 13.5. The van der Waals surface area contributed by atoms with Crippen molar-refractivity contribution in [1.29, 1.82) is 0 Å². The summed E-state index contributed by atoms with van der Waals surface area (Å²) < 4.78 is 12.6. The molecule has 0 aromatic rings. The van der Waals surface area contributed by atoms with Gasteiger partial charge >= 0.3 is 0 Å². The summed E-state index contributed by atoms with van der Waals surface area (Å²) in [5.41, 5.74) is 1.70. The second-order valence-corrected chi connectivity index (χ2v) is 11.0. The maximum atomic E-state index is 13.1. The lowest BCUT2D eigenvalue weighted by Gasteiger charge is -2.60. The van der Waals surface area contributed by atoms with Gasteiger partial charge in [0.2, 0.25) is 0 Å². The molecule has 5 aliphatic carbocycles. The van der Waals surface area contributed by atoms with Crippen LogP contribution in [-0.4, -0.2) is 24.8 Å². The lowest BCUT2D eigenvalue weighted by Crippen LogP contribution is -2.57. The van der Waals surface area contributed by atoms with Gasteiger partial charge in [-0.2, -0.15) is 0 Å². The van der Waals surface area contributed by atoms with Crippen LogP contribution in [0.2, 0.25) is 0 Å². The highest BCUT2D eigenvalue weighted by atomic mass is 16.7. The fourth-order valence-corrected chi connectivity index (χ4v) is 8.90. The van der Waals surface area contributed by atoms with E-state index < -0.39 is 0 Å². The predicted octanol–water partition coefficient (Wildman–Crippen LogP) is 5.21. The Bertz CT molecular complexity index is 765. The van der Waals surface area contributed by atoms with Crippen molar-refractivity contribution >= 4 is 5.78 Å². The molecule has 6 aliphatic rings. The number of ketones is 1. The van der Waals surface area contributed by atoms with Crippen molar-refractivity contribution in [3.8, 4) is 0 Å². The molecule has 3 nitrogen and oxygen atoms in total. The smallest absolute Gasteiger partial charge is 0.174 e. The molecule has 3 saturated carbocycles. The summed E-state index contributed by atoms with van der Waals surface area (Å²) in [4.78, 5) is 13.1. The number of carbonyl (C=O) groups is 1. The average molecular weight is 383 g/mol. The molecule has 0 amide bonds. The monoisotopic (exact) mass is 382 g/mol. The van der Waals surface area contributed by atoms with Crippen molar-refractivity contribution in [2.45, 2.75) is 77.4 Å². The number of rotatable bonds is 0. The quantitative estimate of drug-likeness (QED) is 0.540. The topological polar surface area (TPSA) is 35.5 Å². The Balaban J connectivity index is 1.39. The second-order valence-electron chi connectivity index (χ2n) is 11.0. The fourth-order valence-electron chi connectivity index (χ4n) is 8.90. The van der Waals surface area contributed by atoms with Crippen LogP contribution >= 0.6 is 0 Å². The summed E-state index contributed by atoms with van der Waals surface area (Å²) >= 11 is 0.